The molecule has 0 aromatic carbocycles. The number of rotatable bonds is 1. The second-order valence-corrected chi connectivity index (χ2v) is 4.65. The van der Waals surface area contributed by atoms with E-state index >= 15 is 0 Å². The Morgan fingerprint density at radius 3 is 2.57 bits per heavy atom. The maximum atomic E-state index is 11.6. The van der Waals surface area contributed by atoms with Gasteiger partial charge in [0.1, 0.15) is 0 Å². The van der Waals surface area contributed by atoms with Crippen LogP contribution in [0.5, 0.6) is 0 Å². The van der Waals surface area contributed by atoms with Crippen LogP contribution in [0.1, 0.15) is 32.1 Å². The maximum absolute atomic E-state index is 11.6. The lowest BCUT2D eigenvalue weighted by molar-refractivity contribution is -0.150. The lowest BCUT2D eigenvalue weighted by atomic mass is 9.72. The van der Waals surface area contributed by atoms with E-state index in [2.05, 4.69) is 0 Å². The number of nitrogens with two attached hydrogens (primary N) is 1. The third kappa shape index (κ3) is 1.54. The van der Waals surface area contributed by atoms with Crippen molar-refractivity contribution in [2.75, 3.05) is 7.11 Å². The van der Waals surface area contributed by atoms with E-state index in [-0.39, 0.29) is 17.9 Å². The topological polar surface area (TPSA) is 52.3 Å². The monoisotopic (exact) mass is 197 g/mol. The van der Waals surface area contributed by atoms with E-state index in [0.29, 0.717) is 11.8 Å². The van der Waals surface area contributed by atoms with Crippen molar-refractivity contribution in [2.24, 2.45) is 23.5 Å². The van der Waals surface area contributed by atoms with Crippen LogP contribution in [-0.2, 0) is 9.53 Å². The van der Waals surface area contributed by atoms with Gasteiger partial charge < -0.3 is 10.5 Å². The maximum Gasteiger partial charge on any atom is 0.310 e. The highest BCUT2D eigenvalue weighted by Crippen LogP contribution is 2.42. The Hall–Kier alpha value is -0.570. The van der Waals surface area contributed by atoms with Crippen LogP contribution < -0.4 is 5.73 Å². The van der Waals surface area contributed by atoms with Crippen molar-refractivity contribution >= 4 is 5.97 Å². The summed E-state index contributed by atoms with van der Waals surface area (Å²) in [5, 5.41) is 0. The Kier molecular flexibility index (Phi) is 2.77. The molecule has 0 radical (unpaired) electrons. The van der Waals surface area contributed by atoms with Crippen LogP contribution in [0.3, 0.4) is 0 Å². The number of hydrogen-bond acceptors (Lipinski definition) is 3. The molecular weight excluding hydrogens is 178 g/mol. The molecule has 3 aliphatic rings. The fraction of sp³-hybridized carbons (Fsp3) is 0.909. The normalized spacial score (nSPS) is 41.9. The largest absolute Gasteiger partial charge is 0.469 e. The summed E-state index contributed by atoms with van der Waals surface area (Å²) in [6.45, 7) is 0. The first-order valence-corrected chi connectivity index (χ1v) is 5.57. The number of hydrogen-bond donors (Lipinski definition) is 1. The summed E-state index contributed by atoms with van der Waals surface area (Å²) in [7, 11) is 1.47. The van der Waals surface area contributed by atoms with Gasteiger partial charge in [0, 0.05) is 6.04 Å². The van der Waals surface area contributed by atoms with Gasteiger partial charge in [0.05, 0.1) is 13.0 Å². The van der Waals surface area contributed by atoms with Gasteiger partial charge in [-0.25, -0.2) is 0 Å². The van der Waals surface area contributed by atoms with Crippen molar-refractivity contribution in [3.63, 3.8) is 0 Å². The highest BCUT2D eigenvalue weighted by Gasteiger charge is 2.43. The summed E-state index contributed by atoms with van der Waals surface area (Å²) in [4.78, 5) is 11.6. The second-order valence-electron chi connectivity index (χ2n) is 4.65. The van der Waals surface area contributed by atoms with Crippen molar-refractivity contribution in [2.45, 2.75) is 38.1 Å². The van der Waals surface area contributed by atoms with Gasteiger partial charge in [0.2, 0.25) is 0 Å². The smallest absolute Gasteiger partial charge is 0.310 e. The lowest BCUT2D eigenvalue weighted by Gasteiger charge is -2.36. The van der Waals surface area contributed by atoms with Crippen molar-refractivity contribution in [1.29, 1.82) is 0 Å². The van der Waals surface area contributed by atoms with Gasteiger partial charge in [-0.05, 0) is 37.5 Å². The molecule has 0 aliphatic heterocycles. The van der Waals surface area contributed by atoms with Crippen LogP contribution in [0.25, 0.3) is 0 Å². The number of ether oxygens (including phenoxy) is 1. The number of methoxy groups -OCH3 is 1. The van der Waals surface area contributed by atoms with Crippen LogP contribution in [0.2, 0.25) is 0 Å². The SMILES string of the molecule is COC(=O)C1C2CCCC(CC2)[C@@H]1N. The fourth-order valence-corrected chi connectivity index (χ4v) is 3.20. The molecule has 3 nitrogen and oxygen atoms in total. The van der Waals surface area contributed by atoms with Crippen molar-refractivity contribution in [3.8, 4) is 0 Å². The molecule has 80 valence electrons. The average molecular weight is 197 g/mol. The van der Waals surface area contributed by atoms with Crippen LogP contribution in [0.15, 0.2) is 0 Å². The molecular formula is C11H19NO2. The molecule has 0 heterocycles. The summed E-state index contributed by atoms with van der Waals surface area (Å²) in [5.41, 5.74) is 6.14. The molecule has 0 saturated heterocycles. The third-order valence-electron chi connectivity index (χ3n) is 4.00. The van der Waals surface area contributed by atoms with Gasteiger partial charge >= 0.3 is 5.97 Å². The van der Waals surface area contributed by atoms with E-state index in [4.69, 9.17) is 10.5 Å². The Labute approximate surface area is 85.0 Å². The molecule has 3 rings (SSSR count). The molecule has 3 unspecified atom stereocenters. The Morgan fingerprint density at radius 1 is 1.21 bits per heavy atom. The third-order valence-corrected chi connectivity index (χ3v) is 4.00. The summed E-state index contributed by atoms with van der Waals surface area (Å²) in [5.74, 6) is 0.921. The summed E-state index contributed by atoms with van der Waals surface area (Å²) in [6.07, 6.45) is 5.96. The standard InChI is InChI=1S/C11H19NO2/c1-14-11(13)9-7-3-2-4-8(6-5-7)10(9)12/h7-10H,2-6,12H2,1H3/t7?,8?,9?,10-/m0/s1. The number of fused-ring (bicyclic) bond motifs is 4. The summed E-state index contributed by atoms with van der Waals surface area (Å²) < 4.78 is 4.85. The van der Waals surface area contributed by atoms with E-state index < -0.39 is 0 Å². The second kappa shape index (κ2) is 3.89. The molecule has 0 spiro atoms. The average Bonchev–Trinajstić information content (AvgIpc) is 2.50. The molecule has 2 bridgehead atoms. The molecule has 3 aliphatic carbocycles. The first-order chi connectivity index (χ1) is 6.74. The zero-order chi connectivity index (χ0) is 10.1. The van der Waals surface area contributed by atoms with Crippen LogP contribution >= 0.6 is 0 Å². The summed E-state index contributed by atoms with van der Waals surface area (Å²) in [6, 6.07) is 0.0451. The molecule has 3 heteroatoms. The van der Waals surface area contributed by atoms with E-state index in [0.717, 1.165) is 12.8 Å². The van der Waals surface area contributed by atoms with Crippen LogP contribution in [0.4, 0.5) is 0 Å². The minimum Gasteiger partial charge on any atom is -0.469 e. The van der Waals surface area contributed by atoms with Gasteiger partial charge in [-0.1, -0.05) is 6.42 Å². The first kappa shape index (κ1) is 9.97. The molecule has 3 fully saturated rings. The Bertz CT molecular complexity index is 223. The molecule has 0 aromatic rings. The number of carbonyl (C=O) groups is 1. The quantitative estimate of drug-likeness (QED) is 0.645. The molecule has 14 heavy (non-hydrogen) atoms. The van der Waals surface area contributed by atoms with Crippen molar-refractivity contribution in [1.82, 2.24) is 0 Å². The molecule has 2 N–H and O–H groups in total. The zero-order valence-corrected chi connectivity index (χ0v) is 8.74. The Morgan fingerprint density at radius 2 is 1.86 bits per heavy atom. The minimum atomic E-state index is -0.0888. The predicted octanol–water partition coefficient (Wildman–Crippen LogP) is 1.31. The van der Waals surface area contributed by atoms with E-state index in [1.54, 1.807) is 0 Å². The first-order valence-electron chi connectivity index (χ1n) is 5.57. The van der Waals surface area contributed by atoms with Gasteiger partial charge in [-0.15, -0.1) is 0 Å². The number of esters is 1. The predicted molar refractivity (Wildman–Crippen MR) is 53.5 cm³/mol. The van der Waals surface area contributed by atoms with Crippen molar-refractivity contribution < 1.29 is 9.53 Å². The molecule has 3 saturated carbocycles. The van der Waals surface area contributed by atoms with Crippen LogP contribution in [-0.4, -0.2) is 19.1 Å². The van der Waals surface area contributed by atoms with Crippen molar-refractivity contribution in [3.05, 3.63) is 0 Å². The fourth-order valence-electron chi connectivity index (χ4n) is 3.20. The van der Waals surface area contributed by atoms with Gasteiger partial charge in [-0.2, -0.15) is 0 Å². The van der Waals surface area contributed by atoms with Gasteiger partial charge in [0.15, 0.2) is 0 Å². The highest BCUT2D eigenvalue weighted by atomic mass is 16.5. The Balaban J connectivity index is 2.18. The van der Waals surface area contributed by atoms with E-state index in [1.165, 1.54) is 26.4 Å². The van der Waals surface area contributed by atoms with Crippen LogP contribution in [0, 0.1) is 17.8 Å². The summed E-state index contributed by atoms with van der Waals surface area (Å²) >= 11 is 0. The highest BCUT2D eigenvalue weighted by molar-refractivity contribution is 5.73. The zero-order valence-electron chi connectivity index (χ0n) is 8.74. The number of carbonyl (C=O) groups excluding carboxylic acids is 1. The van der Waals surface area contributed by atoms with Gasteiger partial charge in [0.25, 0.3) is 0 Å². The van der Waals surface area contributed by atoms with E-state index in [1.807, 2.05) is 0 Å². The molecule has 0 aromatic heterocycles. The molecule has 4 atom stereocenters. The van der Waals surface area contributed by atoms with Gasteiger partial charge in [-0.3, -0.25) is 4.79 Å². The minimum absolute atomic E-state index is 0.0266. The molecule has 0 amide bonds. The van der Waals surface area contributed by atoms with E-state index in [9.17, 15) is 4.79 Å². The lowest BCUT2D eigenvalue weighted by Crippen LogP contribution is -2.47.